The molecule has 0 aliphatic heterocycles. The van der Waals surface area contributed by atoms with Gasteiger partial charge in [0, 0.05) is 6.08 Å². The van der Waals surface area contributed by atoms with E-state index in [0.717, 1.165) is 11.6 Å². The van der Waals surface area contributed by atoms with Gasteiger partial charge in [0.15, 0.2) is 0 Å². The van der Waals surface area contributed by atoms with Crippen molar-refractivity contribution >= 4 is 12.0 Å². The minimum absolute atomic E-state index is 0.451. The predicted molar refractivity (Wildman–Crippen MR) is 56.5 cm³/mol. The highest BCUT2D eigenvalue weighted by Crippen LogP contribution is 2.04. The third kappa shape index (κ3) is 3.27. The average molecular weight is 188 g/mol. The summed E-state index contributed by atoms with van der Waals surface area (Å²) in [5.41, 5.74) is 2.19. The second-order valence-electron chi connectivity index (χ2n) is 2.85. The molecule has 2 nitrogen and oxygen atoms in total. The van der Waals surface area contributed by atoms with Gasteiger partial charge in [-0.25, -0.2) is 4.79 Å². The molecule has 0 radical (unpaired) electrons. The van der Waals surface area contributed by atoms with Crippen LogP contribution in [0.1, 0.15) is 11.1 Å². The van der Waals surface area contributed by atoms with Gasteiger partial charge in [-0.3, -0.25) is 0 Å². The molecule has 0 aliphatic rings. The molecule has 0 aliphatic carbocycles. The molecule has 2 heteroatoms. The molecular weight excluding hydrogens is 176 g/mol. The maximum atomic E-state index is 10.7. The van der Waals surface area contributed by atoms with Crippen LogP contribution in [-0.2, 0) is 9.53 Å². The summed E-state index contributed by atoms with van der Waals surface area (Å²) in [4.78, 5) is 10.7. The van der Waals surface area contributed by atoms with Crippen molar-refractivity contribution in [2.75, 3.05) is 0 Å². The summed E-state index contributed by atoms with van der Waals surface area (Å²) in [5, 5.41) is 0. The molecule has 0 atom stereocenters. The monoisotopic (exact) mass is 188 g/mol. The molecule has 0 saturated carbocycles. The van der Waals surface area contributed by atoms with E-state index in [0.29, 0.717) is 0 Å². The Morgan fingerprint density at radius 3 is 2.57 bits per heavy atom. The van der Waals surface area contributed by atoms with E-state index in [2.05, 4.69) is 11.3 Å². The van der Waals surface area contributed by atoms with Crippen molar-refractivity contribution in [2.45, 2.75) is 6.92 Å². The van der Waals surface area contributed by atoms with E-state index < -0.39 is 5.97 Å². The third-order valence-electron chi connectivity index (χ3n) is 1.69. The molecule has 0 saturated heterocycles. The van der Waals surface area contributed by atoms with Gasteiger partial charge in [0.2, 0.25) is 0 Å². The molecule has 72 valence electrons. The van der Waals surface area contributed by atoms with Crippen LogP contribution in [0.15, 0.2) is 43.2 Å². The quantitative estimate of drug-likeness (QED) is 0.414. The van der Waals surface area contributed by atoms with Gasteiger partial charge in [-0.05, 0) is 18.6 Å². The van der Waals surface area contributed by atoms with Crippen LogP contribution in [0.3, 0.4) is 0 Å². The Labute approximate surface area is 83.5 Å². The highest BCUT2D eigenvalue weighted by Gasteiger charge is 1.90. The van der Waals surface area contributed by atoms with Gasteiger partial charge in [0.25, 0.3) is 0 Å². The van der Waals surface area contributed by atoms with Crippen molar-refractivity contribution in [3.63, 3.8) is 0 Å². The number of rotatable bonds is 3. The lowest BCUT2D eigenvalue weighted by Gasteiger charge is -1.94. The molecular formula is C12H12O2. The van der Waals surface area contributed by atoms with Crippen LogP contribution in [0.4, 0.5) is 0 Å². The molecule has 1 aromatic carbocycles. The van der Waals surface area contributed by atoms with Crippen molar-refractivity contribution in [2.24, 2.45) is 0 Å². The van der Waals surface area contributed by atoms with E-state index in [1.54, 1.807) is 6.08 Å². The summed E-state index contributed by atoms with van der Waals surface area (Å²) in [6, 6.07) is 7.89. The molecule has 0 bridgehead atoms. The van der Waals surface area contributed by atoms with Crippen LogP contribution in [0.5, 0.6) is 0 Å². The first-order valence-corrected chi connectivity index (χ1v) is 4.28. The van der Waals surface area contributed by atoms with Crippen LogP contribution in [0, 0.1) is 6.92 Å². The van der Waals surface area contributed by atoms with Crippen molar-refractivity contribution < 1.29 is 9.53 Å². The Morgan fingerprint density at radius 2 is 2.00 bits per heavy atom. The van der Waals surface area contributed by atoms with Crippen molar-refractivity contribution in [1.82, 2.24) is 0 Å². The average Bonchev–Trinajstić information content (AvgIpc) is 2.21. The predicted octanol–water partition coefficient (Wildman–Crippen LogP) is 2.69. The summed E-state index contributed by atoms with van der Waals surface area (Å²) in [7, 11) is 0. The van der Waals surface area contributed by atoms with E-state index in [9.17, 15) is 4.79 Å². The highest BCUT2D eigenvalue weighted by atomic mass is 16.5. The van der Waals surface area contributed by atoms with Crippen LogP contribution in [-0.4, -0.2) is 5.97 Å². The standard InChI is InChI=1S/C12H12O2/c1-3-12(13)14-9-8-11-6-4-10(2)5-7-11/h3-9H,1H2,2H3. The summed E-state index contributed by atoms with van der Waals surface area (Å²) in [5.74, 6) is -0.451. The largest absolute Gasteiger partial charge is 0.431 e. The van der Waals surface area contributed by atoms with Crippen molar-refractivity contribution in [3.05, 3.63) is 54.3 Å². The lowest BCUT2D eigenvalue weighted by Crippen LogP contribution is -1.91. The Morgan fingerprint density at radius 1 is 1.36 bits per heavy atom. The number of ether oxygens (including phenoxy) is 1. The fourth-order valence-corrected chi connectivity index (χ4v) is 0.905. The van der Waals surface area contributed by atoms with Crippen molar-refractivity contribution in [3.8, 4) is 0 Å². The Bertz CT molecular complexity index is 347. The minimum Gasteiger partial charge on any atom is -0.431 e. The topological polar surface area (TPSA) is 26.3 Å². The molecule has 1 aromatic rings. The van der Waals surface area contributed by atoms with E-state index in [-0.39, 0.29) is 0 Å². The second-order valence-corrected chi connectivity index (χ2v) is 2.85. The lowest BCUT2D eigenvalue weighted by atomic mass is 10.1. The van der Waals surface area contributed by atoms with Crippen LogP contribution >= 0.6 is 0 Å². The molecule has 0 spiro atoms. The summed E-state index contributed by atoms with van der Waals surface area (Å²) < 4.78 is 4.69. The van der Waals surface area contributed by atoms with Gasteiger partial charge < -0.3 is 4.74 Å². The Hall–Kier alpha value is -1.83. The van der Waals surface area contributed by atoms with E-state index >= 15 is 0 Å². The Balaban J connectivity index is 2.56. The Kier molecular flexibility index (Phi) is 3.68. The molecule has 1 rings (SSSR count). The summed E-state index contributed by atoms with van der Waals surface area (Å²) in [6.45, 7) is 5.31. The molecule has 0 fully saturated rings. The van der Waals surface area contributed by atoms with Gasteiger partial charge >= 0.3 is 5.97 Å². The van der Waals surface area contributed by atoms with Crippen LogP contribution in [0.25, 0.3) is 6.08 Å². The van der Waals surface area contributed by atoms with Gasteiger partial charge in [-0.15, -0.1) is 0 Å². The van der Waals surface area contributed by atoms with E-state index in [1.807, 2.05) is 31.2 Å². The molecule has 0 heterocycles. The zero-order chi connectivity index (χ0) is 10.4. The first-order chi connectivity index (χ1) is 6.72. The van der Waals surface area contributed by atoms with Gasteiger partial charge in [-0.1, -0.05) is 36.4 Å². The van der Waals surface area contributed by atoms with Gasteiger partial charge in [0.1, 0.15) is 0 Å². The van der Waals surface area contributed by atoms with Crippen LogP contribution < -0.4 is 0 Å². The number of carbonyl (C=O) groups is 1. The number of hydrogen-bond acceptors (Lipinski definition) is 2. The number of aryl methyl sites for hydroxylation is 1. The zero-order valence-corrected chi connectivity index (χ0v) is 8.07. The molecule has 14 heavy (non-hydrogen) atoms. The first kappa shape index (κ1) is 10.3. The lowest BCUT2D eigenvalue weighted by molar-refractivity contribution is -0.132. The summed E-state index contributed by atoms with van der Waals surface area (Å²) in [6.07, 6.45) is 4.20. The minimum atomic E-state index is -0.451. The first-order valence-electron chi connectivity index (χ1n) is 4.28. The van der Waals surface area contributed by atoms with Gasteiger partial charge in [-0.2, -0.15) is 0 Å². The van der Waals surface area contributed by atoms with Gasteiger partial charge in [0.05, 0.1) is 6.26 Å². The molecule has 0 unspecified atom stereocenters. The van der Waals surface area contributed by atoms with E-state index in [1.165, 1.54) is 11.8 Å². The van der Waals surface area contributed by atoms with Crippen LogP contribution in [0.2, 0.25) is 0 Å². The summed E-state index contributed by atoms with van der Waals surface area (Å²) >= 11 is 0. The maximum absolute atomic E-state index is 10.7. The zero-order valence-electron chi connectivity index (χ0n) is 8.07. The fourth-order valence-electron chi connectivity index (χ4n) is 0.905. The normalized spacial score (nSPS) is 10.1. The highest BCUT2D eigenvalue weighted by molar-refractivity contribution is 5.82. The van der Waals surface area contributed by atoms with E-state index in [4.69, 9.17) is 0 Å². The third-order valence-corrected chi connectivity index (χ3v) is 1.69. The second kappa shape index (κ2) is 5.02. The number of carbonyl (C=O) groups excluding carboxylic acids is 1. The number of esters is 1. The molecule has 0 aromatic heterocycles. The maximum Gasteiger partial charge on any atom is 0.334 e. The molecule has 0 amide bonds. The SMILES string of the molecule is C=CC(=O)OC=Cc1ccc(C)cc1. The number of hydrogen-bond donors (Lipinski definition) is 0. The fraction of sp³-hybridized carbons (Fsp3) is 0.0833. The number of benzene rings is 1. The molecule has 0 N–H and O–H groups in total. The smallest absolute Gasteiger partial charge is 0.334 e. The van der Waals surface area contributed by atoms with Crippen molar-refractivity contribution in [1.29, 1.82) is 0 Å².